The van der Waals surface area contributed by atoms with Gasteiger partial charge in [-0.15, -0.1) is 21.5 Å². The summed E-state index contributed by atoms with van der Waals surface area (Å²) in [6.45, 7) is 0.706. The van der Waals surface area contributed by atoms with Gasteiger partial charge in [-0.25, -0.2) is 5.01 Å². The van der Waals surface area contributed by atoms with Gasteiger partial charge in [-0.05, 0) is 59.3 Å². The highest BCUT2D eigenvalue weighted by Gasteiger charge is 2.33. The molecule has 0 bridgehead atoms. The molecule has 6 rings (SSSR count). The summed E-state index contributed by atoms with van der Waals surface area (Å²) in [5.74, 6) is 2.00. The maximum absolute atomic E-state index is 13.9. The van der Waals surface area contributed by atoms with Crippen molar-refractivity contribution in [3.8, 4) is 17.2 Å². The van der Waals surface area contributed by atoms with Crippen LogP contribution in [0.4, 0.5) is 0 Å². The molecule has 11 nitrogen and oxygen atoms in total. The lowest BCUT2D eigenvalue weighted by Crippen LogP contribution is -2.28. The zero-order valence-corrected chi connectivity index (χ0v) is 29.0. The smallest absolute Gasteiger partial charge is 0.253 e. The van der Waals surface area contributed by atoms with Gasteiger partial charge in [0.25, 0.3) is 11.8 Å². The number of amides is 2. The van der Waals surface area contributed by atoms with Crippen molar-refractivity contribution in [2.24, 2.45) is 5.10 Å². The molecule has 0 fully saturated rings. The summed E-state index contributed by atoms with van der Waals surface area (Å²) in [7, 11) is 4.70. The SMILES string of the molecule is COc1ccc(C2CC(c3cccs3)=NN2C(=O)CSc2nnc(CNC(=O)c3ccc(OC)c(OC)c3)n2CCc2ccccc2)cc1. The monoisotopic (exact) mass is 696 g/mol. The number of hydrogen-bond acceptors (Lipinski definition) is 10. The molecule has 0 saturated carbocycles. The predicted molar refractivity (Wildman–Crippen MR) is 190 cm³/mol. The molecule has 0 aliphatic carbocycles. The minimum absolute atomic E-state index is 0.106. The summed E-state index contributed by atoms with van der Waals surface area (Å²) in [5.41, 5.74) is 3.44. The maximum Gasteiger partial charge on any atom is 0.253 e. The summed E-state index contributed by atoms with van der Waals surface area (Å²) in [6, 6.07) is 26.6. The number of carbonyl (C=O) groups excluding carboxylic acids is 2. The number of benzene rings is 3. The number of thiophene rings is 1. The average Bonchev–Trinajstić information content (AvgIpc) is 3.93. The zero-order chi connectivity index (χ0) is 34.2. The second kappa shape index (κ2) is 15.8. The van der Waals surface area contributed by atoms with Crippen molar-refractivity contribution in [2.75, 3.05) is 27.1 Å². The second-order valence-electron chi connectivity index (χ2n) is 11.1. The molecule has 252 valence electrons. The molecule has 0 saturated heterocycles. The quantitative estimate of drug-likeness (QED) is 0.140. The van der Waals surface area contributed by atoms with E-state index in [1.54, 1.807) is 48.8 Å². The van der Waals surface area contributed by atoms with E-state index in [4.69, 9.17) is 19.3 Å². The Morgan fingerprint density at radius 1 is 0.918 bits per heavy atom. The molecule has 3 heterocycles. The Morgan fingerprint density at radius 2 is 1.71 bits per heavy atom. The molecule has 1 N–H and O–H groups in total. The third-order valence-corrected chi connectivity index (χ3v) is 9.98. The van der Waals surface area contributed by atoms with Crippen molar-refractivity contribution in [3.63, 3.8) is 0 Å². The third kappa shape index (κ3) is 7.95. The van der Waals surface area contributed by atoms with E-state index in [-0.39, 0.29) is 30.2 Å². The summed E-state index contributed by atoms with van der Waals surface area (Å²) < 4.78 is 18.0. The van der Waals surface area contributed by atoms with Crippen LogP contribution in [0.5, 0.6) is 17.2 Å². The Morgan fingerprint density at radius 3 is 2.43 bits per heavy atom. The summed E-state index contributed by atoms with van der Waals surface area (Å²) in [6.07, 6.45) is 1.33. The van der Waals surface area contributed by atoms with Gasteiger partial charge in [-0.2, -0.15) is 5.10 Å². The Balaban J connectivity index is 1.19. The number of carbonyl (C=O) groups is 2. The van der Waals surface area contributed by atoms with Crippen LogP contribution in [0.1, 0.15) is 44.6 Å². The average molecular weight is 697 g/mol. The molecular weight excluding hydrogens is 661 g/mol. The number of ether oxygens (including phenoxy) is 3. The Labute approximate surface area is 292 Å². The third-order valence-electron chi connectivity index (χ3n) is 8.11. The largest absolute Gasteiger partial charge is 0.497 e. The van der Waals surface area contributed by atoms with E-state index in [1.807, 2.05) is 64.5 Å². The first kappa shape index (κ1) is 33.7. The van der Waals surface area contributed by atoms with Gasteiger partial charge >= 0.3 is 0 Å². The van der Waals surface area contributed by atoms with Crippen LogP contribution in [-0.2, 0) is 24.3 Å². The van der Waals surface area contributed by atoms with Crippen molar-refractivity contribution in [1.82, 2.24) is 25.1 Å². The molecule has 2 amide bonds. The summed E-state index contributed by atoms with van der Waals surface area (Å²) in [4.78, 5) is 28.0. The maximum atomic E-state index is 13.9. The second-order valence-corrected chi connectivity index (χ2v) is 13.0. The molecule has 0 radical (unpaired) electrons. The first-order valence-electron chi connectivity index (χ1n) is 15.6. The lowest BCUT2D eigenvalue weighted by Gasteiger charge is -2.22. The van der Waals surface area contributed by atoms with Crippen molar-refractivity contribution in [3.05, 3.63) is 118 Å². The first-order valence-corrected chi connectivity index (χ1v) is 17.5. The Kier molecular flexibility index (Phi) is 10.9. The van der Waals surface area contributed by atoms with Crippen molar-refractivity contribution in [2.45, 2.75) is 37.1 Å². The number of thioether (sulfide) groups is 1. The molecule has 1 aliphatic heterocycles. The number of hydrogen-bond donors (Lipinski definition) is 1. The highest BCUT2D eigenvalue weighted by molar-refractivity contribution is 7.99. The van der Waals surface area contributed by atoms with E-state index in [0.717, 1.165) is 33.9 Å². The molecule has 1 unspecified atom stereocenters. The van der Waals surface area contributed by atoms with Crippen molar-refractivity contribution >= 4 is 40.6 Å². The van der Waals surface area contributed by atoms with Gasteiger partial charge in [0.2, 0.25) is 0 Å². The van der Waals surface area contributed by atoms with E-state index in [0.29, 0.717) is 41.0 Å². The fourth-order valence-corrected chi connectivity index (χ4v) is 7.07. The van der Waals surface area contributed by atoms with Crippen LogP contribution in [0, 0.1) is 0 Å². The van der Waals surface area contributed by atoms with Gasteiger partial charge in [0.05, 0.1) is 50.3 Å². The van der Waals surface area contributed by atoms with Gasteiger partial charge in [0.1, 0.15) is 5.75 Å². The first-order chi connectivity index (χ1) is 24.0. The molecule has 13 heteroatoms. The lowest BCUT2D eigenvalue weighted by atomic mass is 10.0. The molecule has 49 heavy (non-hydrogen) atoms. The van der Waals surface area contributed by atoms with Crippen LogP contribution < -0.4 is 19.5 Å². The van der Waals surface area contributed by atoms with E-state index < -0.39 is 0 Å². The highest BCUT2D eigenvalue weighted by Crippen LogP contribution is 2.35. The van der Waals surface area contributed by atoms with Gasteiger partial charge < -0.3 is 24.1 Å². The molecule has 1 aliphatic rings. The fraction of sp³-hybridized carbons (Fsp3) is 0.250. The number of aromatic nitrogens is 3. The standard InChI is InChI=1S/C36H36N6O5S2/c1-45-27-14-11-25(12-15-27)29-21-28(32-10-7-19-48-32)40-42(29)34(43)23-49-36-39-38-33(41(36)18-17-24-8-5-4-6-9-24)22-37-35(44)26-13-16-30(46-2)31(20-26)47-3/h4-16,19-20,29H,17-18,21-23H2,1-3H3,(H,37,44). The van der Waals surface area contributed by atoms with Gasteiger partial charge in [-0.3, -0.25) is 9.59 Å². The minimum Gasteiger partial charge on any atom is -0.497 e. The van der Waals surface area contributed by atoms with Crippen LogP contribution in [0.3, 0.4) is 0 Å². The van der Waals surface area contributed by atoms with Crippen LogP contribution in [0.2, 0.25) is 0 Å². The molecular formula is C36H36N6O5S2. The molecule has 1 atom stereocenters. The van der Waals surface area contributed by atoms with Crippen LogP contribution >= 0.6 is 23.1 Å². The van der Waals surface area contributed by atoms with Crippen LogP contribution in [-0.4, -0.2) is 64.4 Å². The van der Waals surface area contributed by atoms with E-state index in [9.17, 15) is 9.59 Å². The minimum atomic E-state index is -0.291. The number of hydrazone groups is 1. The number of nitrogens with zero attached hydrogens (tertiary/aromatic N) is 5. The van der Waals surface area contributed by atoms with Crippen LogP contribution in [0.25, 0.3) is 0 Å². The summed E-state index contributed by atoms with van der Waals surface area (Å²) >= 11 is 2.91. The molecule has 5 aromatic rings. The van der Waals surface area contributed by atoms with E-state index in [1.165, 1.54) is 18.9 Å². The normalized spacial score (nSPS) is 14.0. The lowest BCUT2D eigenvalue weighted by molar-refractivity contribution is -0.130. The Hall–Kier alpha value is -5.14. The summed E-state index contributed by atoms with van der Waals surface area (Å²) in [5, 5.41) is 20.8. The highest BCUT2D eigenvalue weighted by atomic mass is 32.2. The number of methoxy groups -OCH3 is 3. The topological polar surface area (TPSA) is 120 Å². The predicted octanol–water partition coefficient (Wildman–Crippen LogP) is 6.01. The van der Waals surface area contributed by atoms with E-state index in [2.05, 4.69) is 27.6 Å². The number of rotatable bonds is 14. The zero-order valence-electron chi connectivity index (χ0n) is 27.4. The molecule has 3 aromatic carbocycles. The van der Waals surface area contributed by atoms with E-state index >= 15 is 0 Å². The van der Waals surface area contributed by atoms with Crippen molar-refractivity contribution < 1.29 is 23.8 Å². The fourth-order valence-electron chi connectivity index (χ4n) is 5.52. The van der Waals surface area contributed by atoms with Gasteiger partial charge in [0, 0.05) is 18.5 Å². The van der Waals surface area contributed by atoms with Crippen LogP contribution in [0.15, 0.2) is 101 Å². The number of nitrogens with one attached hydrogen (secondary N) is 1. The molecule has 2 aromatic heterocycles. The number of aryl methyl sites for hydroxylation is 1. The van der Waals surface area contributed by atoms with Crippen molar-refractivity contribution in [1.29, 1.82) is 0 Å². The molecule has 0 spiro atoms. The van der Waals surface area contributed by atoms with Gasteiger partial charge in [-0.1, -0.05) is 60.3 Å². The van der Waals surface area contributed by atoms with Gasteiger partial charge in [0.15, 0.2) is 22.5 Å². The Bertz CT molecular complexity index is 1910.